The van der Waals surface area contributed by atoms with E-state index in [0.717, 1.165) is 24.0 Å². The summed E-state index contributed by atoms with van der Waals surface area (Å²) >= 11 is 9.08. The van der Waals surface area contributed by atoms with Crippen molar-refractivity contribution in [2.45, 2.75) is 78.1 Å². The number of hydrogen-bond acceptors (Lipinski definition) is 4. The molecule has 5 heteroatoms. The third kappa shape index (κ3) is 6.38. The van der Waals surface area contributed by atoms with Crippen LogP contribution in [0.5, 0.6) is 0 Å². The van der Waals surface area contributed by atoms with Crippen LogP contribution in [0.2, 0.25) is 0 Å². The Morgan fingerprint density at radius 3 is 1.90 bits per heavy atom. The summed E-state index contributed by atoms with van der Waals surface area (Å²) in [6, 6.07) is 8.94. The van der Waals surface area contributed by atoms with Gasteiger partial charge in [-0.25, -0.2) is 0 Å². The topological polar surface area (TPSA) is 17.1 Å². The van der Waals surface area contributed by atoms with E-state index in [1.54, 1.807) is 11.3 Å². The Kier molecular flexibility index (Phi) is 9.82. The Bertz CT molecular complexity index is 934. The number of halogens is 1. The van der Waals surface area contributed by atoms with Gasteiger partial charge >= 0.3 is 0 Å². The van der Waals surface area contributed by atoms with Crippen LogP contribution in [0, 0.1) is 0 Å². The molecule has 0 aliphatic heterocycles. The molecule has 0 atom stereocenters. The van der Waals surface area contributed by atoms with E-state index in [-0.39, 0.29) is 0 Å². The highest BCUT2D eigenvalue weighted by atomic mass is 79.9. The summed E-state index contributed by atoms with van der Waals surface area (Å²) in [6.45, 7) is 4.51. The van der Waals surface area contributed by atoms with Crippen molar-refractivity contribution in [3.63, 3.8) is 0 Å². The lowest BCUT2D eigenvalue weighted by molar-refractivity contribution is 0.112. The monoisotopic (exact) mass is 522 g/mol. The summed E-state index contributed by atoms with van der Waals surface area (Å²) in [4.78, 5) is 17.6. The Morgan fingerprint density at radius 2 is 1.33 bits per heavy atom. The number of hydrogen-bond donors (Lipinski definition) is 0. The molecule has 3 rings (SSSR count). The number of rotatable bonds is 13. The lowest BCUT2D eigenvalue weighted by Crippen LogP contribution is -1.85. The maximum absolute atomic E-state index is 11.4. The lowest BCUT2D eigenvalue weighted by atomic mass is 10.1. The van der Waals surface area contributed by atoms with Crippen molar-refractivity contribution < 1.29 is 4.79 Å². The first-order chi connectivity index (χ1) is 14.7. The summed E-state index contributed by atoms with van der Waals surface area (Å²) < 4.78 is 1.22. The van der Waals surface area contributed by atoms with Crippen molar-refractivity contribution in [2.24, 2.45) is 0 Å². The van der Waals surface area contributed by atoms with Crippen LogP contribution < -0.4 is 0 Å². The molecule has 30 heavy (non-hydrogen) atoms. The SMILES string of the molecule is CCCCCCc1cc(Br)sc1-c1ccc(-c2sc(C=O)cc2CCCCCC)s1. The highest BCUT2D eigenvalue weighted by molar-refractivity contribution is 9.11. The summed E-state index contributed by atoms with van der Waals surface area (Å²) in [5.41, 5.74) is 2.81. The van der Waals surface area contributed by atoms with Crippen molar-refractivity contribution >= 4 is 56.2 Å². The van der Waals surface area contributed by atoms with Gasteiger partial charge in [-0.1, -0.05) is 52.4 Å². The molecule has 0 aromatic carbocycles. The number of thiophene rings is 3. The van der Waals surface area contributed by atoms with E-state index in [0.29, 0.717) is 0 Å². The van der Waals surface area contributed by atoms with E-state index < -0.39 is 0 Å². The summed E-state index contributed by atoms with van der Waals surface area (Å²) in [6.07, 6.45) is 13.4. The minimum Gasteiger partial charge on any atom is -0.297 e. The number of carbonyl (C=O) groups excluding carboxylic acids is 1. The van der Waals surface area contributed by atoms with Crippen molar-refractivity contribution in [1.29, 1.82) is 0 Å². The predicted molar refractivity (Wildman–Crippen MR) is 140 cm³/mol. The molecule has 0 aliphatic rings. The minimum absolute atomic E-state index is 0.848. The van der Waals surface area contributed by atoms with Crippen LogP contribution in [-0.2, 0) is 12.8 Å². The zero-order valence-electron chi connectivity index (χ0n) is 18.0. The second kappa shape index (κ2) is 12.3. The third-order valence-corrected chi connectivity index (χ3v) is 9.60. The van der Waals surface area contributed by atoms with Crippen LogP contribution in [0.15, 0.2) is 28.1 Å². The van der Waals surface area contributed by atoms with Crippen molar-refractivity contribution in [1.82, 2.24) is 0 Å². The molecular formula is C25H31BrOS3. The molecule has 0 aliphatic carbocycles. The molecule has 0 fully saturated rings. The van der Waals surface area contributed by atoms with Gasteiger partial charge in [0, 0.05) is 19.5 Å². The van der Waals surface area contributed by atoms with Crippen LogP contribution >= 0.6 is 49.9 Å². The van der Waals surface area contributed by atoms with Gasteiger partial charge in [0.25, 0.3) is 0 Å². The van der Waals surface area contributed by atoms with E-state index in [1.807, 2.05) is 22.7 Å². The van der Waals surface area contributed by atoms with Gasteiger partial charge in [0.2, 0.25) is 0 Å². The van der Waals surface area contributed by atoms with Gasteiger partial charge in [-0.2, -0.15) is 0 Å². The van der Waals surface area contributed by atoms with E-state index >= 15 is 0 Å². The zero-order valence-corrected chi connectivity index (χ0v) is 22.0. The molecule has 0 bridgehead atoms. The highest BCUT2D eigenvalue weighted by Gasteiger charge is 2.16. The van der Waals surface area contributed by atoms with Gasteiger partial charge in [-0.15, -0.1) is 34.0 Å². The van der Waals surface area contributed by atoms with E-state index in [9.17, 15) is 4.79 Å². The molecule has 1 nitrogen and oxygen atoms in total. The Balaban J connectivity index is 1.80. The number of aldehydes is 1. The van der Waals surface area contributed by atoms with Crippen LogP contribution in [-0.4, -0.2) is 6.29 Å². The number of unbranched alkanes of at least 4 members (excludes halogenated alkanes) is 6. The molecule has 3 heterocycles. The van der Waals surface area contributed by atoms with Crippen molar-refractivity contribution in [2.75, 3.05) is 0 Å². The maximum atomic E-state index is 11.4. The van der Waals surface area contributed by atoms with Gasteiger partial charge < -0.3 is 0 Å². The molecule has 162 valence electrons. The number of aryl methyl sites for hydroxylation is 2. The molecule has 0 amide bonds. The molecule has 0 saturated heterocycles. The normalized spacial score (nSPS) is 11.3. The van der Waals surface area contributed by atoms with Crippen LogP contribution in [0.3, 0.4) is 0 Å². The molecule has 0 saturated carbocycles. The van der Waals surface area contributed by atoms with Crippen molar-refractivity contribution in [3.05, 3.63) is 44.1 Å². The minimum atomic E-state index is 0.848. The molecule has 3 aromatic rings. The van der Waals surface area contributed by atoms with Crippen molar-refractivity contribution in [3.8, 4) is 19.5 Å². The first kappa shape index (κ1) is 23.9. The van der Waals surface area contributed by atoms with E-state index in [1.165, 1.54) is 85.8 Å². The standard InChI is InChI=1S/C25H31BrOS3/c1-3-5-7-9-11-18-15-20(17-27)28-24(18)21-13-14-22(29-21)25-19(16-23(26)30-25)12-10-8-6-4-2/h13-17H,3-12H2,1-2H3. The summed E-state index contributed by atoms with van der Waals surface area (Å²) in [5, 5.41) is 0. The predicted octanol–water partition coefficient (Wildman–Crippen LogP) is 10.0. The molecule has 3 aromatic heterocycles. The third-order valence-electron chi connectivity index (χ3n) is 5.38. The number of carbonyl (C=O) groups is 1. The average Bonchev–Trinajstić information content (AvgIpc) is 3.46. The van der Waals surface area contributed by atoms with Crippen LogP contribution in [0.1, 0.15) is 86.0 Å². The first-order valence-corrected chi connectivity index (χ1v) is 14.4. The van der Waals surface area contributed by atoms with Gasteiger partial charge in [-0.05, 0) is 77.0 Å². The molecule has 0 spiro atoms. The van der Waals surface area contributed by atoms with E-state index in [2.05, 4.69) is 54.0 Å². The quantitative estimate of drug-likeness (QED) is 0.161. The largest absolute Gasteiger partial charge is 0.297 e. The maximum Gasteiger partial charge on any atom is 0.160 e. The van der Waals surface area contributed by atoms with Crippen LogP contribution in [0.25, 0.3) is 19.5 Å². The fourth-order valence-corrected chi connectivity index (χ4v) is 7.78. The first-order valence-electron chi connectivity index (χ1n) is 11.1. The lowest BCUT2D eigenvalue weighted by Gasteiger charge is -2.03. The second-order valence-electron chi connectivity index (χ2n) is 7.81. The summed E-state index contributed by atoms with van der Waals surface area (Å²) in [7, 11) is 0. The molecular weight excluding hydrogens is 492 g/mol. The summed E-state index contributed by atoms with van der Waals surface area (Å²) in [5.74, 6) is 0. The molecule has 0 N–H and O–H groups in total. The Morgan fingerprint density at radius 1 is 0.767 bits per heavy atom. The smallest absolute Gasteiger partial charge is 0.160 e. The fraction of sp³-hybridized carbons (Fsp3) is 0.480. The molecule has 0 radical (unpaired) electrons. The Hall–Kier alpha value is -0.750. The van der Waals surface area contributed by atoms with Gasteiger partial charge in [0.1, 0.15) is 0 Å². The van der Waals surface area contributed by atoms with Gasteiger partial charge in [-0.3, -0.25) is 4.79 Å². The van der Waals surface area contributed by atoms with Gasteiger partial charge in [0.05, 0.1) is 8.66 Å². The Labute approximate surface area is 201 Å². The average molecular weight is 524 g/mol. The second-order valence-corrected chi connectivity index (χ2v) is 12.4. The fourth-order valence-electron chi connectivity index (χ4n) is 3.76. The molecule has 0 unspecified atom stereocenters. The zero-order chi connectivity index (χ0) is 21.3. The highest BCUT2D eigenvalue weighted by Crippen LogP contribution is 2.44. The van der Waals surface area contributed by atoms with Gasteiger partial charge in [0.15, 0.2) is 6.29 Å². The van der Waals surface area contributed by atoms with Crippen LogP contribution in [0.4, 0.5) is 0 Å². The van der Waals surface area contributed by atoms with E-state index in [4.69, 9.17) is 0 Å².